The smallest absolute Gasteiger partial charge is 0.317 e. The molecule has 104 valence electrons. The molecule has 0 radical (unpaired) electrons. The van der Waals surface area contributed by atoms with Gasteiger partial charge in [-0.3, -0.25) is 0 Å². The fourth-order valence-corrected chi connectivity index (χ4v) is 3.10. The SMILES string of the molecule is O=C(NC1CCCCC1)N1CCc2nc[nH]c2CC1. The van der Waals surface area contributed by atoms with Gasteiger partial charge in [0, 0.05) is 37.7 Å². The first-order valence-corrected chi connectivity index (χ1v) is 7.39. The van der Waals surface area contributed by atoms with Gasteiger partial charge < -0.3 is 15.2 Å². The van der Waals surface area contributed by atoms with Gasteiger partial charge in [0.15, 0.2) is 0 Å². The first-order chi connectivity index (χ1) is 9.33. The van der Waals surface area contributed by atoms with E-state index in [0.717, 1.165) is 44.5 Å². The van der Waals surface area contributed by atoms with E-state index in [-0.39, 0.29) is 6.03 Å². The van der Waals surface area contributed by atoms with Crippen LogP contribution in [-0.2, 0) is 12.8 Å². The van der Waals surface area contributed by atoms with Gasteiger partial charge in [-0.2, -0.15) is 0 Å². The zero-order valence-corrected chi connectivity index (χ0v) is 11.3. The number of hydrogen-bond acceptors (Lipinski definition) is 2. The van der Waals surface area contributed by atoms with Gasteiger partial charge in [-0.15, -0.1) is 0 Å². The molecule has 1 saturated carbocycles. The van der Waals surface area contributed by atoms with Crippen LogP contribution in [0.25, 0.3) is 0 Å². The van der Waals surface area contributed by atoms with Crippen LogP contribution < -0.4 is 5.32 Å². The molecule has 1 fully saturated rings. The number of amides is 2. The number of H-pyrrole nitrogens is 1. The van der Waals surface area contributed by atoms with Crippen LogP contribution in [0.5, 0.6) is 0 Å². The van der Waals surface area contributed by atoms with Crippen LogP contribution >= 0.6 is 0 Å². The lowest BCUT2D eigenvalue weighted by Gasteiger charge is -2.27. The molecule has 0 unspecified atom stereocenters. The van der Waals surface area contributed by atoms with Crippen molar-refractivity contribution in [2.24, 2.45) is 0 Å². The number of nitrogens with zero attached hydrogens (tertiary/aromatic N) is 2. The Hall–Kier alpha value is -1.52. The zero-order valence-electron chi connectivity index (χ0n) is 11.3. The Morgan fingerprint density at radius 1 is 1.26 bits per heavy atom. The molecule has 5 nitrogen and oxygen atoms in total. The average molecular weight is 262 g/mol. The molecule has 19 heavy (non-hydrogen) atoms. The molecule has 1 aromatic heterocycles. The Balaban J connectivity index is 1.54. The highest BCUT2D eigenvalue weighted by Gasteiger charge is 2.22. The third-order valence-corrected chi connectivity index (χ3v) is 4.28. The van der Waals surface area contributed by atoms with Crippen molar-refractivity contribution in [3.8, 4) is 0 Å². The van der Waals surface area contributed by atoms with Crippen molar-refractivity contribution in [1.29, 1.82) is 0 Å². The van der Waals surface area contributed by atoms with Crippen molar-refractivity contribution < 1.29 is 4.79 Å². The second-order valence-electron chi connectivity index (χ2n) is 5.60. The number of carbonyl (C=O) groups excluding carboxylic acids is 1. The number of carbonyl (C=O) groups is 1. The van der Waals surface area contributed by atoms with Crippen molar-refractivity contribution in [3.05, 3.63) is 17.7 Å². The van der Waals surface area contributed by atoms with Crippen molar-refractivity contribution in [2.45, 2.75) is 51.0 Å². The molecular weight excluding hydrogens is 240 g/mol. The van der Waals surface area contributed by atoms with Gasteiger partial charge in [-0.05, 0) is 12.8 Å². The molecule has 1 aromatic rings. The van der Waals surface area contributed by atoms with Crippen LogP contribution in [0.4, 0.5) is 4.79 Å². The first kappa shape index (κ1) is 12.5. The summed E-state index contributed by atoms with van der Waals surface area (Å²) in [6.07, 6.45) is 9.59. The predicted molar refractivity (Wildman–Crippen MR) is 73.0 cm³/mol. The molecule has 2 N–H and O–H groups in total. The second-order valence-corrected chi connectivity index (χ2v) is 5.60. The van der Waals surface area contributed by atoms with E-state index in [1.807, 2.05) is 4.90 Å². The van der Waals surface area contributed by atoms with Gasteiger partial charge in [0.25, 0.3) is 0 Å². The molecular formula is C14H22N4O. The molecule has 2 heterocycles. The van der Waals surface area contributed by atoms with Crippen LogP contribution in [0.15, 0.2) is 6.33 Å². The Kier molecular flexibility index (Phi) is 3.71. The predicted octanol–water partition coefficient (Wildman–Crippen LogP) is 1.85. The van der Waals surface area contributed by atoms with Gasteiger partial charge >= 0.3 is 6.03 Å². The summed E-state index contributed by atoms with van der Waals surface area (Å²) in [4.78, 5) is 21.7. The normalized spacial score (nSPS) is 20.7. The van der Waals surface area contributed by atoms with E-state index in [0.29, 0.717) is 6.04 Å². The number of rotatable bonds is 1. The lowest BCUT2D eigenvalue weighted by molar-refractivity contribution is 0.192. The van der Waals surface area contributed by atoms with E-state index in [2.05, 4.69) is 15.3 Å². The third kappa shape index (κ3) is 2.91. The summed E-state index contributed by atoms with van der Waals surface area (Å²) >= 11 is 0. The number of nitrogens with one attached hydrogen (secondary N) is 2. The summed E-state index contributed by atoms with van der Waals surface area (Å²) in [5.74, 6) is 0. The first-order valence-electron chi connectivity index (χ1n) is 7.39. The number of fused-ring (bicyclic) bond motifs is 1. The fourth-order valence-electron chi connectivity index (χ4n) is 3.10. The zero-order chi connectivity index (χ0) is 13.1. The fraction of sp³-hybridized carbons (Fsp3) is 0.714. The van der Waals surface area contributed by atoms with Gasteiger partial charge in [0.05, 0.1) is 12.0 Å². The molecule has 0 aromatic carbocycles. The number of imidazole rings is 1. The third-order valence-electron chi connectivity index (χ3n) is 4.28. The highest BCUT2D eigenvalue weighted by Crippen LogP contribution is 2.18. The number of aromatic nitrogens is 2. The van der Waals surface area contributed by atoms with Crippen LogP contribution in [0.1, 0.15) is 43.5 Å². The standard InChI is InChI=1S/C14H22N4O/c19-14(17-11-4-2-1-3-5-11)18-8-6-12-13(7-9-18)16-10-15-12/h10-11H,1-9H2,(H,15,16)(H,17,19). The molecule has 2 amide bonds. The van der Waals surface area contributed by atoms with Gasteiger partial charge in [0.2, 0.25) is 0 Å². The maximum atomic E-state index is 12.3. The topological polar surface area (TPSA) is 61.0 Å². The molecule has 5 heteroatoms. The Labute approximate surface area is 113 Å². The van der Waals surface area contributed by atoms with Crippen LogP contribution in [0, 0.1) is 0 Å². The van der Waals surface area contributed by atoms with Crippen molar-refractivity contribution >= 4 is 6.03 Å². The van der Waals surface area contributed by atoms with Crippen LogP contribution in [0.2, 0.25) is 0 Å². The highest BCUT2D eigenvalue weighted by atomic mass is 16.2. The van der Waals surface area contributed by atoms with Gasteiger partial charge in [-0.25, -0.2) is 9.78 Å². The highest BCUT2D eigenvalue weighted by molar-refractivity contribution is 5.74. The largest absolute Gasteiger partial charge is 0.348 e. The van der Waals surface area contributed by atoms with Crippen molar-refractivity contribution in [1.82, 2.24) is 20.2 Å². The van der Waals surface area contributed by atoms with Crippen molar-refractivity contribution in [2.75, 3.05) is 13.1 Å². The molecule has 0 spiro atoms. The molecule has 0 saturated heterocycles. The van der Waals surface area contributed by atoms with Gasteiger partial charge in [0.1, 0.15) is 0 Å². The van der Waals surface area contributed by atoms with Crippen LogP contribution in [-0.4, -0.2) is 40.0 Å². The van der Waals surface area contributed by atoms with E-state index in [4.69, 9.17) is 0 Å². The maximum Gasteiger partial charge on any atom is 0.317 e. The Bertz CT molecular complexity index is 414. The number of urea groups is 1. The van der Waals surface area contributed by atoms with E-state index in [9.17, 15) is 4.79 Å². The summed E-state index contributed by atoms with van der Waals surface area (Å²) < 4.78 is 0. The van der Waals surface area contributed by atoms with E-state index >= 15 is 0 Å². The quantitative estimate of drug-likeness (QED) is 0.811. The van der Waals surface area contributed by atoms with E-state index < -0.39 is 0 Å². The van der Waals surface area contributed by atoms with Crippen LogP contribution in [0.3, 0.4) is 0 Å². The van der Waals surface area contributed by atoms with Gasteiger partial charge in [-0.1, -0.05) is 19.3 Å². The average Bonchev–Trinajstić information content (AvgIpc) is 2.78. The maximum absolute atomic E-state index is 12.3. The minimum absolute atomic E-state index is 0.108. The molecule has 1 aliphatic carbocycles. The van der Waals surface area contributed by atoms with E-state index in [1.165, 1.54) is 25.0 Å². The lowest BCUT2D eigenvalue weighted by Crippen LogP contribution is -2.46. The summed E-state index contributed by atoms with van der Waals surface area (Å²) in [6, 6.07) is 0.498. The number of hydrogen-bond donors (Lipinski definition) is 2. The summed E-state index contributed by atoms with van der Waals surface area (Å²) in [5, 5.41) is 3.19. The minimum atomic E-state index is 0.108. The Morgan fingerprint density at radius 3 is 2.89 bits per heavy atom. The second kappa shape index (κ2) is 5.63. The summed E-state index contributed by atoms with van der Waals surface area (Å²) in [6.45, 7) is 1.56. The lowest BCUT2D eigenvalue weighted by atomic mass is 9.96. The molecule has 3 rings (SSSR count). The molecule has 0 bridgehead atoms. The molecule has 0 atom stereocenters. The monoisotopic (exact) mass is 262 g/mol. The summed E-state index contributed by atoms with van der Waals surface area (Å²) in [7, 11) is 0. The number of aromatic amines is 1. The molecule has 2 aliphatic rings. The minimum Gasteiger partial charge on any atom is -0.348 e. The molecule has 1 aliphatic heterocycles. The van der Waals surface area contributed by atoms with E-state index in [1.54, 1.807) is 6.33 Å². The Morgan fingerprint density at radius 2 is 2.05 bits per heavy atom. The van der Waals surface area contributed by atoms with Crippen molar-refractivity contribution in [3.63, 3.8) is 0 Å². The summed E-state index contributed by atoms with van der Waals surface area (Å²) in [5.41, 5.74) is 2.31.